The van der Waals surface area contributed by atoms with Gasteiger partial charge in [0.05, 0.1) is 0 Å². The molecule has 0 aromatic carbocycles. The van der Waals surface area contributed by atoms with E-state index in [4.69, 9.17) is 5.73 Å². The Labute approximate surface area is 54.9 Å². The first kappa shape index (κ1) is 5.48. The van der Waals surface area contributed by atoms with Crippen molar-refractivity contribution in [1.82, 2.24) is 2.89 Å². The number of hydrogen-bond donors (Lipinski definition) is 1. The van der Waals surface area contributed by atoms with Gasteiger partial charge in [-0.1, -0.05) is 0 Å². The van der Waals surface area contributed by atoms with Gasteiger partial charge in [-0.15, -0.1) is 0 Å². The summed E-state index contributed by atoms with van der Waals surface area (Å²) >= 11 is -0.478. The Morgan fingerprint density at radius 1 is 1.86 bits per heavy atom. The summed E-state index contributed by atoms with van der Waals surface area (Å²) in [6, 6.07) is 0. The number of rotatable bonds is 0. The van der Waals surface area contributed by atoms with Crippen LogP contribution in [0.1, 0.15) is 6.42 Å². The van der Waals surface area contributed by atoms with Crippen molar-refractivity contribution in [3.8, 4) is 0 Å². The third kappa shape index (κ3) is 1.37. The van der Waals surface area contributed by atoms with Crippen molar-refractivity contribution in [2.24, 2.45) is 5.73 Å². The van der Waals surface area contributed by atoms with Crippen LogP contribution < -0.4 is 5.73 Å². The van der Waals surface area contributed by atoms with Crippen molar-refractivity contribution in [2.45, 2.75) is 6.42 Å². The molecular weight excluding hydrogens is 191 g/mol. The molecule has 0 atom stereocenters. The van der Waals surface area contributed by atoms with E-state index in [2.05, 4.69) is 9.94 Å². The molecule has 0 aromatic heterocycles. The second-order valence-corrected chi connectivity index (χ2v) is 7.30. The molecule has 0 aromatic rings. The predicted molar refractivity (Wildman–Crippen MR) is 32.2 cm³/mol. The van der Waals surface area contributed by atoms with E-state index in [1.165, 1.54) is 16.3 Å². The Balaban J connectivity index is 2.50. The van der Waals surface area contributed by atoms with Crippen molar-refractivity contribution >= 4 is 26.1 Å². The minimum atomic E-state index is -0.478. The van der Waals surface area contributed by atoms with Crippen LogP contribution in [0.25, 0.3) is 0 Å². The van der Waals surface area contributed by atoms with Gasteiger partial charge in [0.25, 0.3) is 0 Å². The normalized spacial score (nSPS) is 19.0. The van der Waals surface area contributed by atoms with Crippen molar-refractivity contribution in [1.29, 1.82) is 0 Å². The Bertz CT molecular complexity index is 99.9. The summed E-state index contributed by atoms with van der Waals surface area (Å²) in [6.07, 6.45) is 1.18. The first-order chi connectivity index (χ1) is 3.29. The van der Waals surface area contributed by atoms with Crippen LogP contribution in [-0.2, 0) is 0 Å². The monoisotopic (exact) mass is 200 g/mol. The van der Waals surface area contributed by atoms with E-state index in [0.29, 0.717) is 0 Å². The summed E-state index contributed by atoms with van der Waals surface area (Å²) in [4.78, 5) is 0. The molecule has 2 N–H and O–H groups in total. The van der Waals surface area contributed by atoms with E-state index >= 15 is 0 Å². The summed E-state index contributed by atoms with van der Waals surface area (Å²) in [6.45, 7) is 1.23. The van der Waals surface area contributed by atoms with Crippen molar-refractivity contribution in [3.05, 3.63) is 0 Å². The van der Waals surface area contributed by atoms with Crippen molar-refractivity contribution in [2.75, 3.05) is 13.6 Å². The van der Waals surface area contributed by atoms with Gasteiger partial charge in [0.2, 0.25) is 0 Å². The standard InChI is InChI=1S/C4H9N2.In/c1-6-4-2-3-5;/h2,4-5H2,1H3;/q-1;+1. The zero-order valence-electron chi connectivity index (χ0n) is 4.52. The van der Waals surface area contributed by atoms with E-state index in [9.17, 15) is 0 Å². The average Bonchev–Trinajstić information content (AvgIpc) is 1.87. The molecule has 38 valence electrons. The third-order valence-corrected chi connectivity index (χ3v) is 4.90. The zero-order chi connectivity index (χ0) is 5.28. The number of hydrogen-bond acceptors (Lipinski definition) is 2. The summed E-state index contributed by atoms with van der Waals surface area (Å²) in [5.41, 5.74) is 5.58. The molecule has 0 unspecified atom stereocenters. The number of nitrogens with zero attached hydrogens (tertiary/aromatic N) is 1. The Morgan fingerprint density at radius 3 is 2.71 bits per heavy atom. The molecule has 0 saturated carbocycles. The van der Waals surface area contributed by atoms with Crippen LogP contribution in [0.3, 0.4) is 0 Å². The predicted octanol–water partition coefficient (Wildman–Crippen LogP) is -0.970. The van der Waals surface area contributed by atoms with E-state index in [0.717, 1.165) is 0 Å². The molecular formula is C4H9InN2. The van der Waals surface area contributed by atoms with E-state index in [-0.39, 0.29) is 0 Å². The molecule has 0 aliphatic carbocycles. The molecule has 0 radical (unpaired) electrons. The van der Waals surface area contributed by atoms with Gasteiger partial charge in [0, 0.05) is 0 Å². The van der Waals surface area contributed by atoms with Crippen LogP contribution >= 0.6 is 0 Å². The van der Waals surface area contributed by atoms with E-state index < -0.39 is 22.7 Å². The summed E-state index contributed by atoms with van der Waals surface area (Å²) < 4.78 is 3.72. The van der Waals surface area contributed by atoms with Gasteiger partial charge in [-0.2, -0.15) is 0 Å². The molecule has 0 fully saturated rings. The topological polar surface area (TPSA) is 29.3 Å². The molecule has 1 aliphatic heterocycles. The van der Waals surface area contributed by atoms with Crippen LogP contribution in [0, 0.1) is 0 Å². The third-order valence-electron chi connectivity index (χ3n) is 1.14. The maximum absolute atomic E-state index is 5.58. The van der Waals surface area contributed by atoms with Crippen molar-refractivity contribution in [3.63, 3.8) is 0 Å². The summed E-state index contributed by atoms with van der Waals surface area (Å²) in [5.74, 6) is 0. The summed E-state index contributed by atoms with van der Waals surface area (Å²) in [5, 5.41) is 0. The molecule has 0 spiro atoms. The fraction of sp³-hybridized carbons (Fsp3) is 0.750. The van der Waals surface area contributed by atoms with Gasteiger partial charge < -0.3 is 0 Å². The first-order valence-corrected chi connectivity index (χ1v) is 5.57. The van der Waals surface area contributed by atoms with E-state index in [1.807, 2.05) is 0 Å². The molecule has 0 amide bonds. The van der Waals surface area contributed by atoms with E-state index in [1.54, 1.807) is 0 Å². The van der Waals surface area contributed by atoms with Gasteiger partial charge >= 0.3 is 54.7 Å². The van der Waals surface area contributed by atoms with Crippen LogP contribution in [0.15, 0.2) is 0 Å². The zero-order valence-corrected chi connectivity index (χ0v) is 7.81. The van der Waals surface area contributed by atoms with Gasteiger partial charge in [-0.3, -0.25) is 0 Å². The van der Waals surface area contributed by atoms with Gasteiger partial charge in [-0.05, 0) is 0 Å². The molecule has 0 bridgehead atoms. The second-order valence-electron chi connectivity index (χ2n) is 1.93. The SMILES string of the molecule is C[N]1CC[C](N)=[In]1. The Hall–Kier alpha value is 0.340. The minimum absolute atomic E-state index is 0.478. The fourth-order valence-electron chi connectivity index (χ4n) is 0.718. The fourth-order valence-corrected chi connectivity index (χ4v) is 3.81. The van der Waals surface area contributed by atoms with Crippen LogP contribution in [0.2, 0.25) is 0 Å². The maximum atomic E-state index is 5.58. The second kappa shape index (κ2) is 2.07. The average molecular weight is 200 g/mol. The van der Waals surface area contributed by atoms with Gasteiger partial charge in [0.15, 0.2) is 0 Å². The van der Waals surface area contributed by atoms with Gasteiger partial charge in [-0.25, -0.2) is 0 Å². The molecule has 7 heavy (non-hydrogen) atoms. The summed E-state index contributed by atoms with van der Waals surface area (Å²) in [7, 11) is 2.17. The molecule has 1 heterocycles. The quantitative estimate of drug-likeness (QED) is 0.545. The van der Waals surface area contributed by atoms with Crippen molar-refractivity contribution < 1.29 is 0 Å². The molecule has 0 saturated heterocycles. The number of nitrogens with two attached hydrogens (primary N) is 1. The first-order valence-electron chi connectivity index (χ1n) is 2.45. The van der Waals surface area contributed by atoms with Crippen LogP contribution in [-0.4, -0.2) is 42.6 Å². The van der Waals surface area contributed by atoms with Crippen LogP contribution in [0.5, 0.6) is 0 Å². The Kier molecular flexibility index (Phi) is 1.62. The Morgan fingerprint density at radius 2 is 2.57 bits per heavy atom. The molecule has 1 rings (SSSR count). The molecule has 2 nitrogen and oxygen atoms in total. The molecule has 3 heteroatoms. The van der Waals surface area contributed by atoms with Crippen LogP contribution in [0.4, 0.5) is 0 Å². The molecule has 1 aliphatic rings. The van der Waals surface area contributed by atoms with Gasteiger partial charge in [0.1, 0.15) is 0 Å².